The Morgan fingerprint density at radius 2 is 1.65 bits per heavy atom. The van der Waals surface area contributed by atoms with E-state index in [0.717, 1.165) is 12.8 Å². The molecular formula is C15H25NO4. The molecule has 0 aromatic rings. The van der Waals surface area contributed by atoms with Crippen LogP contribution in [0.2, 0.25) is 0 Å². The van der Waals surface area contributed by atoms with Crippen molar-refractivity contribution in [3.63, 3.8) is 0 Å². The molecule has 1 amide bonds. The van der Waals surface area contributed by atoms with Crippen molar-refractivity contribution in [2.24, 2.45) is 17.3 Å². The molecule has 0 N–H and O–H groups in total. The zero-order valence-corrected chi connectivity index (χ0v) is 13.1. The minimum atomic E-state index is -0.463. The maximum Gasteiger partial charge on any atom is 0.410 e. The van der Waals surface area contributed by atoms with Crippen LogP contribution < -0.4 is 0 Å². The number of esters is 1. The van der Waals surface area contributed by atoms with Gasteiger partial charge in [0, 0.05) is 13.1 Å². The summed E-state index contributed by atoms with van der Waals surface area (Å²) in [6, 6.07) is 0. The molecule has 0 bridgehead atoms. The topological polar surface area (TPSA) is 55.8 Å². The maximum absolute atomic E-state index is 12.1. The summed E-state index contributed by atoms with van der Waals surface area (Å²) in [6.07, 6.45) is 1.35. The van der Waals surface area contributed by atoms with Crippen molar-refractivity contribution < 1.29 is 19.1 Å². The molecule has 0 aromatic carbocycles. The van der Waals surface area contributed by atoms with Gasteiger partial charge in [0.15, 0.2) is 0 Å². The van der Waals surface area contributed by atoms with E-state index in [1.807, 2.05) is 27.7 Å². The number of methoxy groups -OCH3 is 1. The third-order valence-electron chi connectivity index (χ3n) is 4.33. The Labute approximate surface area is 120 Å². The average Bonchev–Trinajstić information content (AvgIpc) is 2.81. The lowest BCUT2D eigenvalue weighted by Gasteiger charge is -2.27. The van der Waals surface area contributed by atoms with Crippen molar-refractivity contribution in [1.29, 1.82) is 0 Å². The molecule has 5 heteroatoms. The van der Waals surface area contributed by atoms with E-state index < -0.39 is 5.60 Å². The minimum absolute atomic E-state index is 0.129. The van der Waals surface area contributed by atoms with Gasteiger partial charge in [-0.2, -0.15) is 0 Å². The van der Waals surface area contributed by atoms with Gasteiger partial charge in [-0.3, -0.25) is 4.79 Å². The summed E-state index contributed by atoms with van der Waals surface area (Å²) in [7, 11) is 1.44. The van der Waals surface area contributed by atoms with Crippen molar-refractivity contribution in [3.8, 4) is 0 Å². The molecule has 114 valence electrons. The van der Waals surface area contributed by atoms with Crippen molar-refractivity contribution in [2.45, 2.75) is 46.1 Å². The third-order valence-corrected chi connectivity index (χ3v) is 4.33. The van der Waals surface area contributed by atoms with Crippen LogP contribution in [0.25, 0.3) is 0 Å². The molecular weight excluding hydrogens is 258 g/mol. The Kier molecular flexibility index (Phi) is 3.73. The highest BCUT2D eigenvalue weighted by Crippen LogP contribution is 2.49. The van der Waals surface area contributed by atoms with Gasteiger partial charge >= 0.3 is 12.1 Å². The predicted molar refractivity (Wildman–Crippen MR) is 74.1 cm³/mol. The smallest absolute Gasteiger partial charge is 0.410 e. The lowest BCUT2D eigenvalue weighted by atomic mass is 9.87. The lowest BCUT2D eigenvalue weighted by Crippen LogP contribution is -2.37. The highest BCUT2D eigenvalue weighted by molar-refractivity contribution is 5.77. The fourth-order valence-electron chi connectivity index (χ4n) is 3.53. The highest BCUT2D eigenvalue weighted by atomic mass is 16.6. The van der Waals surface area contributed by atoms with Crippen molar-refractivity contribution in [2.75, 3.05) is 20.2 Å². The maximum atomic E-state index is 12.1. The Morgan fingerprint density at radius 1 is 1.15 bits per heavy atom. The largest absolute Gasteiger partial charge is 0.469 e. The molecule has 20 heavy (non-hydrogen) atoms. The Hall–Kier alpha value is -1.26. The van der Waals surface area contributed by atoms with E-state index >= 15 is 0 Å². The molecule has 3 atom stereocenters. The van der Waals surface area contributed by atoms with Gasteiger partial charge in [-0.25, -0.2) is 4.79 Å². The van der Waals surface area contributed by atoms with Crippen molar-refractivity contribution >= 4 is 12.1 Å². The predicted octanol–water partition coefficient (Wildman–Crippen LogP) is 2.44. The molecule has 1 aliphatic heterocycles. The molecule has 0 spiro atoms. The van der Waals surface area contributed by atoms with Crippen LogP contribution in [0.5, 0.6) is 0 Å². The standard InChI is InChI=1S/C15H25NO4/c1-14(2,3)20-13(18)16-8-10-6-15(4,12(17)19-5)7-11(10)9-16/h10-11H,6-9H2,1-5H3/t10-,11+,15?. The Morgan fingerprint density at radius 3 is 2.05 bits per heavy atom. The monoisotopic (exact) mass is 283 g/mol. The molecule has 2 aliphatic rings. The van der Waals surface area contributed by atoms with E-state index in [-0.39, 0.29) is 17.5 Å². The number of carbonyl (C=O) groups excluding carboxylic acids is 2. The van der Waals surface area contributed by atoms with Gasteiger partial charge in [0.25, 0.3) is 0 Å². The van der Waals surface area contributed by atoms with Crippen LogP contribution >= 0.6 is 0 Å². The zero-order chi connectivity index (χ0) is 15.1. The van der Waals surface area contributed by atoms with Gasteiger partial charge in [0.1, 0.15) is 5.60 Å². The van der Waals surface area contributed by atoms with Gasteiger partial charge < -0.3 is 14.4 Å². The molecule has 1 saturated heterocycles. The SMILES string of the molecule is COC(=O)C1(C)C[C@H]2CN(C(=O)OC(C)(C)C)C[C@H]2C1. The van der Waals surface area contributed by atoms with Crippen LogP contribution in [0, 0.1) is 17.3 Å². The Bertz CT molecular complexity index is 399. The van der Waals surface area contributed by atoms with E-state index in [1.54, 1.807) is 4.90 Å². The molecule has 2 fully saturated rings. The first-order valence-corrected chi connectivity index (χ1v) is 7.21. The first-order chi connectivity index (χ1) is 9.14. The number of carbonyl (C=O) groups is 2. The number of fused-ring (bicyclic) bond motifs is 1. The molecule has 1 aliphatic carbocycles. The summed E-state index contributed by atoms with van der Waals surface area (Å²) in [5.74, 6) is 0.633. The van der Waals surface area contributed by atoms with E-state index in [1.165, 1.54) is 7.11 Å². The summed E-state index contributed by atoms with van der Waals surface area (Å²) < 4.78 is 10.3. The van der Waals surface area contributed by atoms with E-state index in [4.69, 9.17) is 9.47 Å². The van der Waals surface area contributed by atoms with E-state index in [9.17, 15) is 9.59 Å². The number of rotatable bonds is 1. The normalized spacial score (nSPS) is 33.0. The molecule has 5 nitrogen and oxygen atoms in total. The van der Waals surface area contributed by atoms with Crippen LogP contribution in [-0.4, -0.2) is 42.8 Å². The second-order valence-corrected chi connectivity index (χ2v) is 7.37. The summed E-state index contributed by atoms with van der Waals surface area (Å²) in [6.45, 7) is 8.95. The van der Waals surface area contributed by atoms with Gasteiger partial charge in [-0.05, 0) is 52.4 Å². The Balaban J connectivity index is 1.94. The number of nitrogens with zero attached hydrogens (tertiary/aromatic N) is 1. The molecule has 0 radical (unpaired) electrons. The second kappa shape index (κ2) is 4.93. The lowest BCUT2D eigenvalue weighted by molar-refractivity contribution is -0.151. The molecule has 0 aromatic heterocycles. The molecule has 1 saturated carbocycles. The average molecular weight is 283 g/mol. The summed E-state index contributed by atoms with van der Waals surface area (Å²) >= 11 is 0. The number of ether oxygens (including phenoxy) is 2. The molecule has 1 heterocycles. The fourth-order valence-corrected chi connectivity index (χ4v) is 3.53. The van der Waals surface area contributed by atoms with Crippen LogP contribution in [0.15, 0.2) is 0 Å². The second-order valence-electron chi connectivity index (χ2n) is 7.37. The van der Waals surface area contributed by atoms with E-state index in [0.29, 0.717) is 24.9 Å². The molecule has 1 unspecified atom stereocenters. The van der Waals surface area contributed by atoms with Crippen LogP contribution in [0.4, 0.5) is 4.79 Å². The quantitative estimate of drug-likeness (QED) is 0.694. The fraction of sp³-hybridized carbons (Fsp3) is 0.867. The summed E-state index contributed by atoms with van der Waals surface area (Å²) in [5, 5.41) is 0. The summed E-state index contributed by atoms with van der Waals surface area (Å²) in [5.41, 5.74) is -0.848. The molecule has 2 rings (SSSR count). The number of amides is 1. The van der Waals surface area contributed by atoms with Crippen LogP contribution in [0.3, 0.4) is 0 Å². The zero-order valence-electron chi connectivity index (χ0n) is 13.1. The number of likely N-dealkylation sites (tertiary alicyclic amines) is 1. The van der Waals surface area contributed by atoms with Gasteiger partial charge in [0.2, 0.25) is 0 Å². The minimum Gasteiger partial charge on any atom is -0.469 e. The van der Waals surface area contributed by atoms with Gasteiger partial charge in [-0.15, -0.1) is 0 Å². The number of hydrogen-bond donors (Lipinski definition) is 0. The third kappa shape index (κ3) is 2.91. The van der Waals surface area contributed by atoms with Gasteiger partial charge in [0.05, 0.1) is 12.5 Å². The van der Waals surface area contributed by atoms with Crippen molar-refractivity contribution in [1.82, 2.24) is 4.90 Å². The highest BCUT2D eigenvalue weighted by Gasteiger charge is 2.52. The first-order valence-electron chi connectivity index (χ1n) is 7.21. The number of hydrogen-bond acceptors (Lipinski definition) is 4. The van der Waals surface area contributed by atoms with Gasteiger partial charge in [-0.1, -0.05) is 0 Å². The first kappa shape index (κ1) is 15.1. The van der Waals surface area contributed by atoms with Crippen LogP contribution in [0.1, 0.15) is 40.5 Å². The summed E-state index contributed by atoms with van der Waals surface area (Å²) in [4.78, 5) is 25.7. The van der Waals surface area contributed by atoms with Crippen LogP contribution in [-0.2, 0) is 14.3 Å². The van der Waals surface area contributed by atoms with Crippen molar-refractivity contribution in [3.05, 3.63) is 0 Å². The van der Waals surface area contributed by atoms with E-state index in [2.05, 4.69) is 0 Å².